The highest BCUT2D eigenvalue weighted by atomic mass is 16.5. The van der Waals surface area contributed by atoms with Crippen LogP contribution in [0.1, 0.15) is 5.56 Å². The van der Waals surface area contributed by atoms with Crippen LogP contribution in [0.5, 0.6) is 5.88 Å². The highest BCUT2D eigenvalue weighted by Gasteiger charge is 2.16. The van der Waals surface area contributed by atoms with Crippen LogP contribution in [0.3, 0.4) is 0 Å². The molecule has 0 amide bonds. The second-order valence-electron chi connectivity index (χ2n) is 7.56. The van der Waals surface area contributed by atoms with Gasteiger partial charge >= 0.3 is 0 Å². The molecule has 0 aliphatic carbocycles. The number of nitriles is 1. The molecule has 5 rings (SSSR count). The van der Waals surface area contributed by atoms with Crippen molar-refractivity contribution < 1.29 is 4.74 Å². The molecule has 0 aliphatic rings. The standard InChI is InChI=1S/C25H20N6O/c1-16-5-4-6-17(11-16)18-7-9-21-20(12-18)24-22(14-27-21)30(2)25(29-15-26)31(24)19-8-10-23(32-3)28-13-19/h4-14H,1-3H3. The average molecular weight is 420 g/mol. The highest BCUT2D eigenvalue weighted by Crippen LogP contribution is 2.30. The molecule has 0 saturated carbocycles. The molecule has 156 valence electrons. The van der Waals surface area contributed by atoms with Gasteiger partial charge in [0.05, 0.1) is 41.7 Å². The number of methoxy groups -OCH3 is 1. The fourth-order valence-corrected chi connectivity index (χ4v) is 4.05. The van der Waals surface area contributed by atoms with Crippen LogP contribution >= 0.6 is 0 Å². The van der Waals surface area contributed by atoms with E-state index < -0.39 is 0 Å². The Morgan fingerprint density at radius 3 is 2.56 bits per heavy atom. The number of rotatable bonds is 3. The number of hydrogen-bond donors (Lipinski definition) is 0. The first kappa shape index (κ1) is 19.5. The number of fused-ring (bicyclic) bond motifs is 3. The van der Waals surface area contributed by atoms with E-state index in [4.69, 9.17) is 4.74 Å². The van der Waals surface area contributed by atoms with Crippen molar-refractivity contribution in [3.63, 3.8) is 0 Å². The van der Waals surface area contributed by atoms with Crippen molar-refractivity contribution in [1.82, 2.24) is 19.1 Å². The minimum atomic E-state index is 0.490. The topological polar surface area (TPSA) is 81.0 Å². The van der Waals surface area contributed by atoms with Crippen LogP contribution in [0.2, 0.25) is 0 Å². The minimum absolute atomic E-state index is 0.490. The number of benzene rings is 2. The molecule has 5 aromatic rings. The Balaban J connectivity index is 1.89. The molecule has 0 saturated heterocycles. The second-order valence-corrected chi connectivity index (χ2v) is 7.56. The molecule has 0 unspecified atom stereocenters. The van der Waals surface area contributed by atoms with E-state index in [2.05, 4.69) is 58.3 Å². The van der Waals surface area contributed by atoms with Crippen molar-refractivity contribution in [3.05, 3.63) is 78.2 Å². The predicted octanol–water partition coefficient (Wildman–Crippen LogP) is 4.28. The molecular weight excluding hydrogens is 400 g/mol. The minimum Gasteiger partial charge on any atom is -0.481 e. The Morgan fingerprint density at radius 1 is 1.00 bits per heavy atom. The summed E-state index contributed by atoms with van der Waals surface area (Å²) in [6, 6.07) is 18.4. The average Bonchev–Trinajstić information content (AvgIpc) is 3.11. The smallest absolute Gasteiger partial charge is 0.226 e. The zero-order valence-corrected chi connectivity index (χ0v) is 17.9. The van der Waals surface area contributed by atoms with Crippen LogP contribution in [-0.4, -0.2) is 26.2 Å². The van der Waals surface area contributed by atoms with E-state index in [1.807, 2.05) is 40.7 Å². The van der Waals surface area contributed by atoms with Gasteiger partial charge in [0, 0.05) is 18.5 Å². The van der Waals surface area contributed by atoms with Crippen LogP contribution in [0.25, 0.3) is 38.8 Å². The Labute approximate surface area is 184 Å². The van der Waals surface area contributed by atoms with Gasteiger partial charge in [-0.15, -0.1) is 4.99 Å². The summed E-state index contributed by atoms with van der Waals surface area (Å²) >= 11 is 0. The number of aromatic nitrogens is 4. The van der Waals surface area contributed by atoms with E-state index in [0.29, 0.717) is 11.5 Å². The Hall–Kier alpha value is -4.44. The first-order valence-corrected chi connectivity index (χ1v) is 10.1. The number of imidazole rings is 1. The van der Waals surface area contributed by atoms with E-state index in [1.54, 1.807) is 19.4 Å². The quantitative estimate of drug-likeness (QED) is 0.408. The maximum absolute atomic E-state index is 9.36. The summed E-state index contributed by atoms with van der Waals surface area (Å²) in [6.07, 6.45) is 5.45. The number of hydrogen-bond acceptors (Lipinski definition) is 5. The molecule has 32 heavy (non-hydrogen) atoms. The van der Waals surface area contributed by atoms with Crippen molar-refractivity contribution in [3.8, 4) is 28.9 Å². The molecule has 7 heteroatoms. The molecular formula is C25H20N6O. The van der Waals surface area contributed by atoms with Gasteiger partial charge in [0.1, 0.15) is 0 Å². The monoisotopic (exact) mass is 420 g/mol. The second kappa shape index (κ2) is 7.67. The molecule has 3 heterocycles. The number of aryl methyl sites for hydroxylation is 2. The maximum atomic E-state index is 9.36. The van der Waals surface area contributed by atoms with Crippen LogP contribution in [0.4, 0.5) is 0 Å². The molecule has 0 spiro atoms. The molecule has 0 bridgehead atoms. The summed E-state index contributed by atoms with van der Waals surface area (Å²) in [7, 11) is 3.46. The van der Waals surface area contributed by atoms with Gasteiger partial charge in [-0.3, -0.25) is 9.55 Å². The van der Waals surface area contributed by atoms with Gasteiger partial charge in [0.25, 0.3) is 0 Å². The molecule has 7 nitrogen and oxygen atoms in total. The normalized spacial score (nSPS) is 11.8. The van der Waals surface area contributed by atoms with Crippen LogP contribution in [0.15, 0.2) is 72.0 Å². The van der Waals surface area contributed by atoms with Gasteiger partial charge in [0.2, 0.25) is 17.7 Å². The fraction of sp³-hybridized carbons (Fsp3) is 0.120. The van der Waals surface area contributed by atoms with Gasteiger partial charge in [-0.2, -0.15) is 5.26 Å². The lowest BCUT2D eigenvalue weighted by Crippen LogP contribution is -2.22. The van der Waals surface area contributed by atoms with Gasteiger partial charge in [-0.05, 0) is 36.2 Å². The third-order valence-corrected chi connectivity index (χ3v) is 5.59. The fourth-order valence-electron chi connectivity index (χ4n) is 4.05. The molecule has 2 aromatic carbocycles. The molecule has 0 N–H and O–H groups in total. The van der Waals surface area contributed by atoms with E-state index in [9.17, 15) is 5.26 Å². The summed E-state index contributed by atoms with van der Waals surface area (Å²) in [6.45, 7) is 2.09. The van der Waals surface area contributed by atoms with E-state index in [1.165, 1.54) is 5.56 Å². The summed E-state index contributed by atoms with van der Waals surface area (Å²) in [5.74, 6) is 0.515. The zero-order chi connectivity index (χ0) is 22.2. The van der Waals surface area contributed by atoms with E-state index >= 15 is 0 Å². The number of pyridine rings is 2. The molecule has 0 aliphatic heterocycles. The van der Waals surface area contributed by atoms with Crippen LogP contribution < -0.4 is 10.4 Å². The van der Waals surface area contributed by atoms with Gasteiger partial charge in [-0.25, -0.2) is 4.98 Å². The number of ether oxygens (including phenoxy) is 1. The largest absolute Gasteiger partial charge is 0.481 e. The van der Waals surface area contributed by atoms with Crippen molar-refractivity contribution in [2.24, 2.45) is 12.0 Å². The Morgan fingerprint density at radius 2 is 1.84 bits per heavy atom. The SMILES string of the molecule is COc1ccc(-n2c(=NC#N)n(C)c3cnc4ccc(-c5cccc(C)c5)cc4c32)cn1. The third kappa shape index (κ3) is 3.10. The summed E-state index contributed by atoms with van der Waals surface area (Å²) in [5.41, 5.74) is 7.34. The first-order chi connectivity index (χ1) is 15.6. The highest BCUT2D eigenvalue weighted by molar-refractivity contribution is 6.04. The van der Waals surface area contributed by atoms with Crippen molar-refractivity contribution >= 4 is 21.9 Å². The van der Waals surface area contributed by atoms with Gasteiger partial charge in [0.15, 0.2) is 0 Å². The molecule has 0 fully saturated rings. The van der Waals surface area contributed by atoms with Crippen LogP contribution in [-0.2, 0) is 7.05 Å². The van der Waals surface area contributed by atoms with Crippen molar-refractivity contribution in [2.75, 3.05) is 7.11 Å². The third-order valence-electron chi connectivity index (χ3n) is 5.59. The maximum Gasteiger partial charge on any atom is 0.226 e. The predicted molar refractivity (Wildman–Crippen MR) is 123 cm³/mol. The summed E-state index contributed by atoms with van der Waals surface area (Å²) in [4.78, 5) is 13.1. The van der Waals surface area contributed by atoms with Crippen molar-refractivity contribution in [2.45, 2.75) is 6.92 Å². The Bertz CT molecular complexity index is 1590. The van der Waals surface area contributed by atoms with Crippen molar-refractivity contribution in [1.29, 1.82) is 5.26 Å². The lowest BCUT2D eigenvalue weighted by atomic mass is 10.0. The lowest BCUT2D eigenvalue weighted by molar-refractivity contribution is 0.398. The molecule has 0 radical (unpaired) electrons. The number of nitrogens with zero attached hydrogens (tertiary/aromatic N) is 6. The molecule has 3 aromatic heterocycles. The van der Waals surface area contributed by atoms with Gasteiger partial charge < -0.3 is 9.30 Å². The van der Waals surface area contributed by atoms with Crippen LogP contribution in [0, 0.1) is 18.4 Å². The summed E-state index contributed by atoms with van der Waals surface area (Å²) < 4.78 is 9.02. The molecule has 0 atom stereocenters. The lowest BCUT2D eigenvalue weighted by Gasteiger charge is -2.09. The Kier molecular flexibility index (Phi) is 4.68. The summed E-state index contributed by atoms with van der Waals surface area (Å²) in [5, 5.41) is 10.3. The van der Waals surface area contributed by atoms with E-state index in [0.717, 1.165) is 38.8 Å². The van der Waals surface area contributed by atoms with E-state index in [-0.39, 0.29) is 0 Å². The zero-order valence-electron chi connectivity index (χ0n) is 17.9. The first-order valence-electron chi connectivity index (χ1n) is 10.1. The van der Waals surface area contributed by atoms with Gasteiger partial charge in [-0.1, -0.05) is 35.9 Å².